The summed E-state index contributed by atoms with van der Waals surface area (Å²) < 4.78 is 0. The Kier molecular flexibility index (Phi) is 4.11. The maximum Gasteiger partial charge on any atom is 0.189 e. The van der Waals surface area contributed by atoms with Gasteiger partial charge < -0.3 is 0 Å². The summed E-state index contributed by atoms with van der Waals surface area (Å²) in [6.45, 7) is 0. The van der Waals surface area contributed by atoms with Gasteiger partial charge in [0.2, 0.25) is 0 Å². The number of rotatable bonds is 5. The molecule has 0 unspecified atom stereocenters. The van der Waals surface area contributed by atoms with Gasteiger partial charge >= 0.3 is 0 Å². The van der Waals surface area contributed by atoms with E-state index >= 15 is 0 Å². The largest absolute Gasteiger partial charge is 0.289 e. The van der Waals surface area contributed by atoms with Crippen molar-refractivity contribution >= 4 is 5.78 Å². The molecule has 0 amide bonds. The molecule has 0 spiro atoms. The first-order valence-electron chi connectivity index (χ1n) is 7.34. The van der Waals surface area contributed by atoms with Gasteiger partial charge in [0.25, 0.3) is 0 Å². The van der Waals surface area contributed by atoms with Crippen molar-refractivity contribution < 1.29 is 4.79 Å². The van der Waals surface area contributed by atoms with Gasteiger partial charge in [0.15, 0.2) is 5.78 Å². The van der Waals surface area contributed by atoms with Gasteiger partial charge in [-0.1, -0.05) is 66.8 Å². The van der Waals surface area contributed by atoms with Gasteiger partial charge in [0.1, 0.15) is 0 Å². The third-order valence-electron chi connectivity index (χ3n) is 3.74. The first kappa shape index (κ1) is 13.6. The Hall–Kier alpha value is -2.41. The molecule has 0 bridgehead atoms. The van der Waals surface area contributed by atoms with Crippen molar-refractivity contribution in [2.45, 2.75) is 19.3 Å². The molecule has 1 heteroatoms. The fourth-order valence-corrected chi connectivity index (χ4v) is 2.55. The molecule has 3 aliphatic carbocycles. The number of allylic oxidation sites excluding steroid dienone is 16. The Balaban J connectivity index is 1.82. The lowest BCUT2D eigenvalue weighted by Crippen LogP contribution is -2.04. The summed E-state index contributed by atoms with van der Waals surface area (Å²) in [6.07, 6.45) is 27.0. The third kappa shape index (κ3) is 3.38. The van der Waals surface area contributed by atoms with Crippen LogP contribution in [0.3, 0.4) is 0 Å². The van der Waals surface area contributed by atoms with Crippen molar-refractivity contribution in [2.24, 2.45) is 0 Å². The summed E-state index contributed by atoms with van der Waals surface area (Å²) in [5, 5.41) is 0. The van der Waals surface area contributed by atoms with Crippen LogP contribution in [0.4, 0.5) is 0 Å². The van der Waals surface area contributed by atoms with E-state index in [-0.39, 0.29) is 5.78 Å². The molecule has 0 aromatic carbocycles. The average Bonchev–Trinajstić information content (AvgIpc) is 3.26. The van der Waals surface area contributed by atoms with E-state index in [9.17, 15) is 4.79 Å². The minimum atomic E-state index is 0.135. The zero-order chi connectivity index (χ0) is 14.5. The first-order chi connectivity index (χ1) is 10.3. The predicted molar refractivity (Wildman–Crippen MR) is 87.8 cm³/mol. The van der Waals surface area contributed by atoms with Gasteiger partial charge in [0, 0.05) is 11.1 Å². The summed E-state index contributed by atoms with van der Waals surface area (Å²) >= 11 is 0. The quantitative estimate of drug-likeness (QED) is 0.524. The van der Waals surface area contributed by atoms with E-state index in [1.807, 2.05) is 36.5 Å². The highest BCUT2D eigenvalue weighted by Crippen LogP contribution is 2.22. The van der Waals surface area contributed by atoms with Gasteiger partial charge in [-0.2, -0.15) is 0 Å². The Morgan fingerprint density at radius 3 is 2.14 bits per heavy atom. The van der Waals surface area contributed by atoms with Crippen LogP contribution in [0.5, 0.6) is 0 Å². The molecular weight excluding hydrogens is 256 g/mol. The summed E-state index contributed by atoms with van der Waals surface area (Å²) in [4.78, 5) is 12.6. The minimum Gasteiger partial charge on any atom is -0.289 e. The Morgan fingerprint density at radius 1 is 0.857 bits per heavy atom. The van der Waals surface area contributed by atoms with E-state index in [1.54, 1.807) is 0 Å². The molecule has 3 rings (SSSR count). The number of carbonyl (C=O) groups excluding carboxylic acids is 1. The van der Waals surface area contributed by atoms with Crippen molar-refractivity contribution in [3.63, 3.8) is 0 Å². The zero-order valence-electron chi connectivity index (χ0n) is 12.0. The molecule has 1 nitrogen and oxygen atoms in total. The van der Waals surface area contributed by atoms with E-state index in [0.29, 0.717) is 0 Å². The SMILES string of the molecule is O=C(C1=CC=CC1)C(=C\C1=CC=CC1)/C=C/C1=CC=CC1. The van der Waals surface area contributed by atoms with E-state index in [2.05, 4.69) is 36.5 Å². The van der Waals surface area contributed by atoms with Crippen molar-refractivity contribution in [1.29, 1.82) is 0 Å². The molecule has 0 N–H and O–H groups in total. The summed E-state index contributed by atoms with van der Waals surface area (Å²) in [6, 6.07) is 0. The topological polar surface area (TPSA) is 17.1 Å². The molecule has 0 atom stereocenters. The number of Topliss-reactive ketones (excluding diaryl/α,β-unsaturated/α-hetero) is 1. The van der Waals surface area contributed by atoms with Crippen LogP contribution in [0, 0.1) is 0 Å². The van der Waals surface area contributed by atoms with Crippen LogP contribution in [0.2, 0.25) is 0 Å². The average molecular weight is 274 g/mol. The standard InChI is InChI=1S/C20H18O/c21-20(18-11-5-6-12-18)19(15-17-9-3-4-10-17)14-13-16-7-1-2-8-16/h1-7,9,11,13-15H,8,10,12H2/b14-13+,19-15-. The molecule has 3 aliphatic rings. The molecule has 0 aromatic rings. The van der Waals surface area contributed by atoms with E-state index in [4.69, 9.17) is 0 Å². The lowest BCUT2D eigenvalue weighted by atomic mass is 9.99. The Bertz CT molecular complexity index is 685. The van der Waals surface area contributed by atoms with Crippen molar-refractivity contribution in [3.05, 3.63) is 95.2 Å². The minimum absolute atomic E-state index is 0.135. The Labute approximate surface area is 125 Å². The van der Waals surface area contributed by atoms with Crippen molar-refractivity contribution in [1.82, 2.24) is 0 Å². The highest BCUT2D eigenvalue weighted by atomic mass is 16.1. The van der Waals surface area contributed by atoms with E-state index < -0.39 is 0 Å². The third-order valence-corrected chi connectivity index (χ3v) is 3.74. The summed E-state index contributed by atoms with van der Waals surface area (Å²) in [5.41, 5.74) is 4.07. The highest BCUT2D eigenvalue weighted by molar-refractivity contribution is 6.11. The Morgan fingerprint density at radius 2 is 1.52 bits per heavy atom. The van der Waals surface area contributed by atoms with Crippen LogP contribution in [0.15, 0.2) is 95.2 Å². The maximum absolute atomic E-state index is 12.6. The van der Waals surface area contributed by atoms with Crippen LogP contribution >= 0.6 is 0 Å². The number of hydrogen-bond acceptors (Lipinski definition) is 1. The van der Waals surface area contributed by atoms with E-state index in [1.165, 1.54) is 11.1 Å². The first-order valence-corrected chi connectivity index (χ1v) is 7.34. The van der Waals surface area contributed by atoms with Gasteiger partial charge in [-0.25, -0.2) is 0 Å². The second-order valence-corrected chi connectivity index (χ2v) is 5.33. The fourth-order valence-electron chi connectivity index (χ4n) is 2.55. The fraction of sp³-hybridized carbons (Fsp3) is 0.150. The van der Waals surface area contributed by atoms with E-state index in [0.717, 1.165) is 30.4 Å². The molecule has 0 fully saturated rings. The molecule has 0 saturated carbocycles. The van der Waals surface area contributed by atoms with Gasteiger partial charge in [-0.05, 0) is 36.5 Å². The molecular formula is C20H18O. The summed E-state index contributed by atoms with van der Waals surface area (Å²) in [7, 11) is 0. The monoisotopic (exact) mass is 274 g/mol. The molecule has 0 aliphatic heterocycles. The predicted octanol–water partition coefficient (Wildman–Crippen LogP) is 4.70. The zero-order valence-corrected chi connectivity index (χ0v) is 12.0. The second-order valence-electron chi connectivity index (χ2n) is 5.33. The number of ketones is 1. The maximum atomic E-state index is 12.6. The van der Waals surface area contributed by atoms with Gasteiger partial charge in [-0.3, -0.25) is 4.79 Å². The van der Waals surface area contributed by atoms with Crippen LogP contribution in [0.1, 0.15) is 19.3 Å². The molecule has 104 valence electrons. The van der Waals surface area contributed by atoms with Crippen LogP contribution in [0.25, 0.3) is 0 Å². The van der Waals surface area contributed by atoms with Crippen LogP contribution in [-0.4, -0.2) is 5.78 Å². The van der Waals surface area contributed by atoms with Crippen LogP contribution < -0.4 is 0 Å². The summed E-state index contributed by atoms with van der Waals surface area (Å²) in [5.74, 6) is 0.135. The molecule has 0 aromatic heterocycles. The van der Waals surface area contributed by atoms with Gasteiger partial charge in [-0.15, -0.1) is 0 Å². The number of carbonyl (C=O) groups is 1. The van der Waals surface area contributed by atoms with Gasteiger partial charge in [0.05, 0.1) is 0 Å². The van der Waals surface area contributed by atoms with Crippen molar-refractivity contribution in [3.8, 4) is 0 Å². The number of hydrogen-bond donors (Lipinski definition) is 0. The lowest BCUT2D eigenvalue weighted by molar-refractivity contribution is -0.112. The molecule has 0 radical (unpaired) electrons. The molecule has 0 saturated heterocycles. The normalized spacial score (nSPS) is 20.4. The second kappa shape index (κ2) is 6.36. The molecule has 21 heavy (non-hydrogen) atoms. The van der Waals surface area contributed by atoms with Crippen LogP contribution in [-0.2, 0) is 4.79 Å². The highest BCUT2D eigenvalue weighted by Gasteiger charge is 2.14. The lowest BCUT2D eigenvalue weighted by Gasteiger charge is -2.04. The van der Waals surface area contributed by atoms with Crippen molar-refractivity contribution in [2.75, 3.05) is 0 Å². The smallest absolute Gasteiger partial charge is 0.189 e. The molecule has 0 heterocycles.